The van der Waals surface area contributed by atoms with Crippen LogP contribution in [0.1, 0.15) is 35.3 Å². The molecule has 29 heavy (non-hydrogen) atoms. The van der Waals surface area contributed by atoms with Gasteiger partial charge in [0, 0.05) is 11.3 Å². The molecule has 0 spiro atoms. The molecular formula is C21H24N4O3S. The molecular weight excluding hydrogens is 388 g/mol. The van der Waals surface area contributed by atoms with Crippen molar-refractivity contribution in [3.8, 4) is 0 Å². The number of nitrogens with zero attached hydrogens (tertiary/aromatic N) is 1. The standard InChI is InChI=1S/C21H24N4O3S/c1-12-6-5-7-13(2)17(12)23-18(27)14-8-9-15-16(10-14)29-20(22-15)24-19(28)25-21(3,4)11-26/h5-10,26H,11H2,1-4H3,(H,23,27)(H2,22,24,25,28). The van der Waals surface area contributed by atoms with Crippen molar-refractivity contribution in [1.82, 2.24) is 10.3 Å². The Morgan fingerprint density at radius 2 is 1.79 bits per heavy atom. The largest absolute Gasteiger partial charge is 0.394 e. The average Bonchev–Trinajstić information content (AvgIpc) is 3.05. The average molecular weight is 413 g/mol. The molecule has 0 aliphatic carbocycles. The Hall–Kier alpha value is -2.97. The van der Waals surface area contributed by atoms with Gasteiger partial charge in [-0.1, -0.05) is 29.5 Å². The van der Waals surface area contributed by atoms with Crippen LogP contribution >= 0.6 is 11.3 Å². The van der Waals surface area contributed by atoms with Crippen molar-refractivity contribution in [3.05, 3.63) is 53.1 Å². The summed E-state index contributed by atoms with van der Waals surface area (Å²) in [5.41, 5.74) is 3.28. The van der Waals surface area contributed by atoms with E-state index in [1.54, 1.807) is 32.0 Å². The molecule has 0 saturated heterocycles. The van der Waals surface area contributed by atoms with Gasteiger partial charge in [-0.2, -0.15) is 0 Å². The van der Waals surface area contributed by atoms with Gasteiger partial charge in [0.2, 0.25) is 0 Å². The molecule has 3 amide bonds. The molecule has 1 heterocycles. The van der Waals surface area contributed by atoms with Gasteiger partial charge in [0.25, 0.3) is 5.91 Å². The lowest BCUT2D eigenvalue weighted by atomic mass is 10.1. The molecule has 2 aromatic carbocycles. The van der Waals surface area contributed by atoms with E-state index in [9.17, 15) is 14.7 Å². The van der Waals surface area contributed by atoms with Crippen molar-refractivity contribution in [3.63, 3.8) is 0 Å². The molecule has 7 nitrogen and oxygen atoms in total. The number of hydrogen-bond acceptors (Lipinski definition) is 5. The van der Waals surface area contributed by atoms with Crippen LogP contribution in [0, 0.1) is 13.8 Å². The third kappa shape index (κ3) is 4.90. The minimum atomic E-state index is -0.736. The molecule has 4 N–H and O–H groups in total. The second kappa shape index (κ2) is 8.18. The van der Waals surface area contributed by atoms with Gasteiger partial charge < -0.3 is 15.7 Å². The summed E-state index contributed by atoms with van der Waals surface area (Å²) >= 11 is 1.28. The van der Waals surface area contributed by atoms with E-state index in [0.29, 0.717) is 16.2 Å². The van der Waals surface area contributed by atoms with Crippen LogP contribution in [0.3, 0.4) is 0 Å². The first-order valence-electron chi connectivity index (χ1n) is 9.17. The number of aliphatic hydroxyl groups is 1. The van der Waals surface area contributed by atoms with Gasteiger partial charge >= 0.3 is 6.03 Å². The zero-order chi connectivity index (χ0) is 21.2. The van der Waals surface area contributed by atoms with Crippen LogP contribution in [0.5, 0.6) is 0 Å². The number of aryl methyl sites for hydroxylation is 2. The Balaban J connectivity index is 1.77. The molecule has 0 aliphatic rings. The van der Waals surface area contributed by atoms with E-state index >= 15 is 0 Å². The number of benzene rings is 2. The van der Waals surface area contributed by atoms with Gasteiger partial charge in [-0.05, 0) is 57.0 Å². The van der Waals surface area contributed by atoms with Crippen LogP contribution in [0.2, 0.25) is 0 Å². The molecule has 0 aliphatic heterocycles. The van der Waals surface area contributed by atoms with E-state index < -0.39 is 11.6 Å². The number of rotatable bonds is 5. The van der Waals surface area contributed by atoms with Gasteiger partial charge in [0.15, 0.2) is 5.13 Å². The molecule has 8 heteroatoms. The Kier molecular flexibility index (Phi) is 5.86. The number of anilines is 2. The molecule has 0 fully saturated rings. The number of thiazole rings is 1. The molecule has 0 saturated carbocycles. The van der Waals surface area contributed by atoms with Crippen LogP contribution in [0.4, 0.5) is 15.6 Å². The van der Waals surface area contributed by atoms with Crippen LogP contribution < -0.4 is 16.0 Å². The van der Waals surface area contributed by atoms with E-state index in [4.69, 9.17) is 0 Å². The summed E-state index contributed by atoms with van der Waals surface area (Å²) < 4.78 is 0.788. The molecule has 1 aromatic heterocycles. The van der Waals surface area contributed by atoms with Crippen LogP contribution in [0.15, 0.2) is 36.4 Å². The van der Waals surface area contributed by atoms with Gasteiger partial charge in [-0.25, -0.2) is 9.78 Å². The molecule has 0 unspecified atom stereocenters. The van der Waals surface area contributed by atoms with Crippen molar-refractivity contribution in [2.24, 2.45) is 0 Å². The zero-order valence-electron chi connectivity index (χ0n) is 16.8. The topological polar surface area (TPSA) is 103 Å². The Bertz CT molecular complexity index is 1050. The number of hydrogen-bond donors (Lipinski definition) is 4. The number of aromatic nitrogens is 1. The molecule has 152 valence electrons. The first kappa shape index (κ1) is 20.8. The molecule has 3 rings (SSSR count). The van der Waals surface area contributed by atoms with Crippen LogP contribution in [-0.2, 0) is 0 Å². The minimum absolute atomic E-state index is 0.181. The number of carbonyl (C=O) groups is 2. The lowest BCUT2D eigenvalue weighted by molar-refractivity contribution is 0.102. The van der Waals surface area contributed by atoms with Gasteiger partial charge in [-0.3, -0.25) is 10.1 Å². The second-order valence-corrected chi connectivity index (χ2v) is 8.57. The Morgan fingerprint density at radius 3 is 2.45 bits per heavy atom. The van der Waals surface area contributed by atoms with Crippen molar-refractivity contribution < 1.29 is 14.7 Å². The smallest absolute Gasteiger partial charge is 0.321 e. The van der Waals surface area contributed by atoms with Crippen molar-refractivity contribution in [1.29, 1.82) is 0 Å². The number of nitrogens with one attached hydrogen (secondary N) is 3. The lowest BCUT2D eigenvalue weighted by Crippen LogP contribution is -2.48. The van der Waals surface area contributed by atoms with Crippen molar-refractivity contribution >= 4 is 44.3 Å². The van der Waals surface area contributed by atoms with E-state index in [0.717, 1.165) is 21.5 Å². The Morgan fingerprint density at radius 1 is 1.10 bits per heavy atom. The maximum absolute atomic E-state index is 12.7. The summed E-state index contributed by atoms with van der Waals surface area (Å²) in [6.45, 7) is 7.16. The molecule has 0 radical (unpaired) electrons. The summed E-state index contributed by atoms with van der Waals surface area (Å²) in [7, 11) is 0. The highest BCUT2D eigenvalue weighted by atomic mass is 32.1. The summed E-state index contributed by atoms with van der Waals surface area (Å²) in [5.74, 6) is -0.199. The van der Waals surface area contributed by atoms with E-state index in [2.05, 4.69) is 20.9 Å². The number of urea groups is 1. The molecule has 0 atom stereocenters. The van der Waals surface area contributed by atoms with E-state index in [1.165, 1.54) is 11.3 Å². The highest BCUT2D eigenvalue weighted by molar-refractivity contribution is 7.22. The fraction of sp³-hybridized carbons (Fsp3) is 0.286. The summed E-state index contributed by atoms with van der Waals surface area (Å²) in [4.78, 5) is 29.2. The second-order valence-electron chi connectivity index (χ2n) is 7.54. The lowest BCUT2D eigenvalue weighted by Gasteiger charge is -2.22. The summed E-state index contributed by atoms with van der Waals surface area (Å²) in [6.07, 6.45) is 0. The van der Waals surface area contributed by atoms with Crippen molar-refractivity contribution in [2.45, 2.75) is 33.2 Å². The van der Waals surface area contributed by atoms with Gasteiger partial charge in [0.1, 0.15) is 0 Å². The first-order valence-corrected chi connectivity index (χ1v) is 9.98. The SMILES string of the molecule is Cc1cccc(C)c1NC(=O)c1ccc2nc(NC(=O)NC(C)(C)CO)sc2c1. The normalized spacial score (nSPS) is 11.3. The summed E-state index contributed by atoms with van der Waals surface area (Å²) in [5, 5.41) is 18.0. The predicted molar refractivity (Wildman–Crippen MR) is 117 cm³/mol. The highest BCUT2D eigenvalue weighted by Gasteiger charge is 2.20. The molecule has 0 bridgehead atoms. The van der Waals surface area contributed by atoms with Crippen LogP contribution in [0.25, 0.3) is 10.2 Å². The fourth-order valence-electron chi connectivity index (χ4n) is 2.79. The minimum Gasteiger partial charge on any atom is -0.394 e. The monoisotopic (exact) mass is 412 g/mol. The van der Waals surface area contributed by atoms with Crippen LogP contribution in [-0.4, -0.2) is 34.2 Å². The van der Waals surface area contributed by atoms with Gasteiger partial charge in [0.05, 0.1) is 22.4 Å². The number of amides is 3. The predicted octanol–water partition coefficient (Wildman–Crippen LogP) is 4.06. The van der Waals surface area contributed by atoms with E-state index in [-0.39, 0.29) is 12.5 Å². The Labute approximate surface area is 173 Å². The summed E-state index contributed by atoms with van der Waals surface area (Å²) in [6, 6.07) is 10.6. The fourth-order valence-corrected chi connectivity index (χ4v) is 3.69. The third-order valence-corrected chi connectivity index (χ3v) is 5.37. The van der Waals surface area contributed by atoms with E-state index in [1.807, 2.05) is 32.0 Å². The van der Waals surface area contributed by atoms with Gasteiger partial charge in [-0.15, -0.1) is 0 Å². The first-order chi connectivity index (χ1) is 13.7. The maximum atomic E-state index is 12.7. The highest BCUT2D eigenvalue weighted by Crippen LogP contribution is 2.28. The number of fused-ring (bicyclic) bond motifs is 1. The van der Waals surface area contributed by atoms with Crippen molar-refractivity contribution in [2.75, 3.05) is 17.2 Å². The quantitative estimate of drug-likeness (QED) is 0.507. The maximum Gasteiger partial charge on any atom is 0.321 e. The molecule has 3 aromatic rings. The zero-order valence-corrected chi connectivity index (χ0v) is 17.6. The number of aliphatic hydroxyl groups excluding tert-OH is 1. The number of carbonyl (C=O) groups excluding carboxylic acids is 2. The third-order valence-electron chi connectivity index (χ3n) is 4.44. The number of para-hydroxylation sites is 1.